The highest BCUT2D eigenvalue weighted by Gasteiger charge is 2.60. The number of aliphatic carboxylic acids is 1. The number of hydrogen-bond donors (Lipinski definition) is 3. The van der Waals surface area contributed by atoms with Crippen LogP contribution < -0.4 is 5.73 Å². The average Bonchev–Trinajstić information content (AvgIpc) is 3.63. The molecule has 3 amide bonds. The molecule has 4 aliphatic rings. The first-order valence-electron chi connectivity index (χ1n) is 14.8. The number of fused-ring (bicyclic) bond motifs is 1. The van der Waals surface area contributed by atoms with Gasteiger partial charge in [0.2, 0.25) is 5.91 Å². The summed E-state index contributed by atoms with van der Waals surface area (Å²) in [6, 6.07) is 4.97. The number of nitrogens with two attached hydrogens (primary N) is 1. The fourth-order valence-corrected chi connectivity index (χ4v) is 8.91. The molecule has 44 heavy (non-hydrogen) atoms. The molecule has 0 aromatic heterocycles. The molecule has 5 rings (SSSR count). The van der Waals surface area contributed by atoms with E-state index in [9.17, 15) is 39.5 Å². The predicted molar refractivity (Wildman–Crippen MR) is 158 cm³/mol. The Bertz CT molecular complexity index is 1380. The number of carbonyl (C=O) groups excluding carboxylic acids is 3. The van der Waals surface area contributed by atoms with E-state index in [2.05, 4.69) is 0 Å². The van der Waals surface area contributed by atoms with Gasteiger partial charge in [-0.3, -0.25) is 24.6 Å². The van der Waals surface area contributed by atoms with Crippen LogP contribution in [0.3, 0.4) is 0 Å². The van der Waals surface area contributed by atoms with Crippen molar-refractivity contribution >= 4 is 41.3 Å². The van der Waals surface area contributed by atoms with E-state index in [1.54, 1.807) is 4.90 Å². The van der Waals surface area contributed by atoms with Crippen molar-refractivity contribution in [2.24, 2.45) is 17.6 Å². The molecule has 0 spiro atoms. The number of non-ortho nitro benzene ring substituents is 1. The van der Waals surface area contributed by atoms with Crippen molar-refractivity contribution in [3.05, 3.63) is 50.5 Å². The highest BCUT2D eigenvalue weighted by Crippen LogP contribution is 2.52. The number of quaternary nitrogens is 1. The quantitative estimate of drug-likeness (QED) is 0.140. The number of aliphatic hydroxyl groups is 1. The number of aliphatic hydroxyl groups excluding tert-OH is 1. The Morgan fingerprint density at radius 2 is 1.89 bits per heavy atom. The highest BCUT2D eigenvalue weighted by atomic mass is 32.2. The normalized spacial score (nSPS) is 28.1. The minimum absolute atomic E-state index is 0.0677. The van der Waals surface area contributed by atoms with Gasteiger partial charge in [-0.15, -0.1) is 11.8 Å². The van der Waals surface area contributed by atoms with Crippen LogP contribution in [0, 0.1) is 22.0 Å². The summed E-state index contributed by atoms with van der Waals surface area (Å²) in [6.45, 7) is 5.72. The largest absolute Gasteiger partial charge is 0.477 e. The van der Waals surface area contributed by atoms with E-state index in [1.165, 1.54) is 47.9 Å². The van der Waals surface area contributed by atoms with Gasteiger partial charge >= 0.3 is 12.1 Å². The van der Waals surface area contributed by atoms with Crippen molar-refractivity contribution < 1.29 is 43.5 Å². The third-order valence-electron chi connectivity index (χ3n) is 9.33. The Morgan fingerprint density at radius 1 is 1.23 bits per heavy atom. The molecule has 1 aromatic rings. The zero-order valence-corrected chi connectivity index (χ0v) is 25.5. The number of rotatable bonds is 11. The van der Waals surface area contributed by atoms with Crippen molar-refractivity contribution in [1.82, 2.24) is 9.80 Å². The summed E-state index contributed by atoms with van der Waals surface area (Å²) in [7, 11) is 0. The maximum atomic E-state index is 13.5. The van der Waals surface area contributed by atoms with Crippen LogP contribution in [0.25, 0.3) is 0 Å². The third-order valence-corrected chi connectivity index (χ3v) is 10.8. The molecule has 4 N–H and O–H groups in total. The number of carbonyl (C=O) groups is 4. The van der Waals surface area contributed by atoms with Gasteiger partial charge in [0.05, 0.1) is 48.7 Å². The van der Waals surface area contributed by atoms with Gasteiger partial charge in [-0.05, 0) is 31.0 Å². The minimum Gasteiger partial charge on any atom is -0.477 e. The number of β-lactam (4-membered cyclic amide) rings is 1. The van der Waals surface area contributed by atoms with Gasteiger partial charge in [0, 0.05) is 47.6 Å². The molecule has 0 radical (unpaired) electrons. The Balaban J connectivity index is 1.36. The highest BCUT2D eigenvalue weighted by molar-refractivity contribution is 8.03. The number of amides is 3. The average molecular weight is 633 g/mol. The molecular weight excluding hydrogens is 594 g/mol. The Labute approximate surface area is 258 Å². The lowest BCUT2D eigenvalue weighted by Gasteiger charge is -2.46. The molecule has 1 aromatic carbocycles. The van der Waals surface area contributed by atoms with Crippen molar-refractivity contribution in [3.63, 3.8) is 0 Å². The van der Waals surface area contributed by atoms with Crippen LogP contribution in [0.15, 0.2) is 34.9 Å². The van der Waals surface area contributed by atoms with Gasteiger partial charge < -0.3 is 30.1 Å². The van der Waals surface area contributed by atoms with E-state index in [1.807, 2.05) is 6.92 Å². The van der Waals surface area contributed by atoms with Crippen LogP contribution >= 0.6 is 11.8 Å². The number of nitrogens with zero attached hydrogens (tertiary/aromatic N) is 4. The summed E-state index contributed by atoms with van der Waals surface area (Å²) < 4.78 is 6.10. The van der Waals surface area contributed by atoms with Gasteiger partial charge in [0.15, 0.2) is 6.54 Å². The molecule has 3 saturated heterocycles. The molecule has 6 atom stereocenters. The van der Waals surface area contributed by atoms with Crippen molar-refractivity contribution in [2.45, 2.75) is 63.2 Å². The lowest BCUT2D eigenvalue weighted by molar-refractivity contribution is -0.910. The number of nitro benzene ring substituents is 1. The number of carboxylic acid groups (broad SMARTS) is 1. The van der Waals surface area contributed by atoms with E-state index in [4.69, 9.17) is 10.5 Å². The zero-order valence-electron chi connectivity index (χ0n) is 24.7. The maximum Gasteiger partial charge on any atom is 0.410 e. The monoisotopic (exact) mass is 632 g/mol. The number of benzene rings is 1. The fraction of sp³-hybridized carbons (Fsp3) is 0.586. The first kappa shape index (κ1) is 31.7. The van der Waals surface area contributed by atoms with Gasteiger partial charge in [-0.25, -0.2) is 9.59 Å². The number of carboxylic acids is 1. The lowest BCUT2D eigenvalue weighted by Crippen LogP contribution is -2.63. The van der Waals surface area contributed by atoms with E-state index in [-0.39, 0.29) is 48.3 Å². The summed E-state index contributed by atoms with van der Waals surface area (Å²) in [5.41, 5.74) is 6.06. The topological polar surface area (TPSA) is 194 Å². The van der Waals surface area contributed by atoms with Crippen LogP contribution in [-0.4, -0.2) is 109 Å². The third kappa shape index (κ3) is 6.00. The van der Waals surface area contributed by atoms with Crippen LogP contribution in [0.4, 0.5) is 10.5 Å². The number of nitro groups is 1. The number of hydrogen-bond acceptors (Lipinski definition) is 9. The SMILES string of the molecule is C[C@@H](O)[C@H]1C(=O)N2C(C(=O)O)=C(S[C@H]3C[C@@H](C[N+]4(CC(N)=O)CCCC4)N(C(=O)OCc4ccc([N+](=O)[O-])cc4)C3)[C@H](C)[C@H]12. The second-order valence-electron chi connectivity index (χ2n) is 12.3. The molecular formula is C29H38N5O9S+. The number of likely N-dealkylation sites (tertiary alicyclic amines) is 2. The van der Waals surface area contributed by atoms with E-state index in [0.29, 0.717) is 27.9 Å². The molecule has 4 aliphatic heterocycles. The van der Waals surface area contributed by atoms with E-state index in [0.717, 1.165) is 25.9 Å². The second kappa shape index (κ2) is 12.4. The summed E-state index contributed by atoms with van der Waals surface area (Å²) in [5, 5.41) is 31.0. The lowest BCUT2D eigenvalue weighted by atomic mass is 9.79. The number of ether oxygens (including phenoxy) is 1. The van der Waals surface area contributed by atoms with E-state index < -0.39 is 46.9 Å². The number of thioether (sulfide) groups is 1. The molecule has 4 heterocycles. The minimum atomic E-state index is -1.21. The molecule has 0 bridgehead atoms. The molecule has 0 saturated carbocycles. The first-order valence-corrected chi connectivity index (χ1v) is 15.6. The van der Waals surface area contributed by atoms with Gasteiger partial charge in [-0.2, -0.15) is 0 Å². The van der Waals surface area contributed by atoms with Crippen LogP contribution in [0.2, 0.25) is 0 Å². The molecule has 238 valence electrons. The molecule has 14 nitrogen and oxygen atoms in total. The summed E-state index contributed by atoms with van der Waals surface area (Å²) in [5.74, 6) is -3.01. The maximum absolute atomic E-state index is 13.5. The van der Waals surface area contributed by atoms with Crippen LogP contribution in [0.1, 0.15) is 38.7 Å². The van der Waals surface area contributed by atoms with Crippen LogP contribution in [-0.2, 0) is 25.7 Å². The predicted octanol–water partition coefficient (Wildman–Crippen LogP) is 1.66. The van der Waals surface area contributed by atoms with Gasteiger partial charge in [0.1, 0.15) is 12.3 Å². The molecule has 0 aliphatic carbocycles. The zero-order chi connectivity index (χ0) is 31.9. The molecule has 3 fully saturated rings. The first-order chi connectivity index (χ1) is 20.8. The fourth-order valence-electron chi connectivity index (χ4n) is 7.35. The van der Waals surface area contributed by atoms with Crippen LogP contribution in [0.5, 0.6) is 0 Å². The smallest absolute Gasteiger partial charge is 0.410 e. The molecule has 15 heteroatoms. The summed E-state index contributed by atoms with van der Waals surface area (Å²) >= 11 is 1.35. The standard InChI is InChI=1S/C29H37N5O9S/c1-16-24-23(17(2)35)27(37)32(24)25(28(38)39)26(16)44-21-11-20(13-34(14-22(30)36)9-3-4-10-34)31(12-21)29(40)43-15-18-5-7-19(8-6-18)33(41)42/h5-8,16-17,20-21,23-24,35H,3-4,9-15H2,1-2H3,(H2-,30,36,38,39)/p+1/t16-,17-,20+,21+,23-,24-/m1/s1. The number of primary amides is 1. The van der Waals surface area contributed by atoms with Crippen molar-refractivity contribution in [3.8, 4) is 0 Å². The van der Waals surface area contributed by atoms with Gasteiger partial charge in [-0.1, -0.05) is 6.92 Å². The van der Waals surface area contributed by atoms with Gasteiger partial charge in [0.25, 0.3) is 11.6 Å². The Kier molecular flexibility index (Phi) is 8.92. The Morgan fingerprint density at radius 3 is 2.45 bits per heavy atom. The summed E-state index contributed by atoms with van der Waals surface area (Å²) in [6.07, 6.45) is 0.897. The summed E-state index contributed by atoms with van der Waals surface area (Å²) in [4.78, 5) is 64.6. The van der Waals surface area contributed by atoms with Crippen molar-refractivity contribution in [2.75, 3.05) is 32.7 Å². The second-order valence-corrected chi connectivity index (χ2v) is 13.7. The van der Waals surface area contributed by atoms with Crippen molar-refractivity contribution in [1.29, 1.82) is 0 Å². The molecule has 0 unspecified atom stereocenters. The van der Waals surface area contributed by atoms with E-state index >= 15 is 0 Å². The Hall–Kier alpha value is -3.69.